The van der Waals surface area contributed by atoms with Gasteiger partial charge in [0.2, 0.25) is 5.82 Å². The van der Waals surface area contributed by atoms with Gasteiger partial charge in [0, 0.05) is 11.1 Å². The first kappa shape index (κ1) is 20.1. The maximum atomic E-state index is 11.1. The number of hydrogen-bond donors (Lipinski definition) is 1. The van der Waals surface area contributed by atoms with Crippen molar-refractivity contribution in [3.05, 3.63) is 53.1 Å². The fourth-order valence-electron chi connectivity index (χ4n) is 4.08. The van der Waals surface area contributed by atoms with Crippen LogP contribution in [0, 0.1) is 17.2 Å². The largest absolute Gasteiger partial charge is 0.490 e. The first-order chi connectivity index (χ1) is 14.3. The molecule has 1 N–H and O–H groups in total. The van der Waals surface area contributed by atoms with Crippen molar-refractivity contribution in [2.75, 3.05) is 0 Å². The lowest BCUT2D eigenvalue weighted by Crippen LogP contribution is -2.28. The van der Waals surface area contributed by atoms with Gasteiger partial charge in [-0.05, 0) is 61.9 Å². The smallest absolute Gasteiger partial charge is 0.258 e. The van der Waals surface area contributed by atoms with Gasteiger partial charge in [-0.2, -0.15) is 10.2 Å². The molecule has 4 rings (SSSR count). The molecular formula is C24H25N3O3. The van der Waals surface area contributed by atoms with Crippen LogP contribution in [0.15, 0.2) is 40.9 Å². The summed E-state index contributed by atoms with van der Waals surface area (Å²) < 4.78 is 11.2. The van der Waals surface area contributed by atoms with Crippen molar-refractivity contribution < 1.29 is 14.4 Å². The number of ether oxygens (including phenoxy) is 1. The number of aliphatic hydroxyl groups is 1. The van der Waals surface area contributed by atoms with E-state index in [0.29, 0.717) is 35.0 Å². The third-order valence-corrected chi connectivity index (χ3v) is 5.73. The number of fused-ring (bicyclic) bond motifs is 1. The van der Waals surface area contributed by atoms with Crippen molar-refractivity contribution in [2.24, 2.45) is 5.92 Å². The predicted octanol–water partition coefficient (Wildman–Crippen LogP) is 4.85. The molecule has 0 spiro atoms. The molecule has 1 unspecified atom stereocenters. The molecule has 1 heterocycles. The molecule has 1 aliphatic carbocycles. The highest BCUT2D eigenvalue weighted by molar-refractivity contribution is 5.67. The third-order valence-electron chi connectivity index (χ3n) is 5.73. The van der Waals surface area contributed by atoms with E-state index in [9.17, 15) is 10.4 Å². The van der Waals surface area contributed by atoms with Gasteiger partial charge in [-0.3, -0.25) is 0 Å². The van der Waals surface area contributed by atoms with Crippen LogP contribution in [0.1, 0.15) is 50.8 Å². The fraction of sp³-hybridized carbons (Fsp3) is 0.375. The van der Waals surface area contributed by atoms with E-state index in [0.717, 1.165) is 23.1 Å². The van der Waals surface area contributed by atoms with Crippen molar-refractivity contribution in [3.8, 4) is 34.7 Å². The topological polar surface area (TPSA) is 92.2 Å². The fourth-order valence-corrected chi connectivity index (χ4v) is 4.08. The highest BCUT2D eigenvalue weighted by Gasteiger charge is 2.40. The molecule has 3 aromatic rings. The van der Waals surface area contributed by atoms with Crippen LogP contribution in [0.2, 0.25) is 0 Å². The number of nitrogens with zero attached hydrogens (tertiary/aromatic N) is 3. The van der Waals surface area contributed by atoms with Gasteiger partial charge in [0.15, 0.2) is 0 Å². The molecule has 2 aromatic carbocycles. The van der Waals surface area contributed by atoms with Gasteiger partial charge in [0.25, 0.3) is 5.89 Å². The van der Waals surface area contributed by atoms with Gasteiger partial charge in [-0.1, -0.05) is 37.2 Å². The van der Waals surface area contributed by atoms with Crippen LogP contribution < -0.4 is 4.74 Å². The number of rotatable bonds is 5. The Bertz CT molecular complexity index is 1130. The number of aromatic nitrogens is 2. The lowest BCUT2D eigenvalue weighted by Gasteiger charge is -2.28. The van der Waals surface area contributed by atoms with Crippen molar-refractivity contribution in [3.63, 3.8) is 0 Å². The van der Waals surface area contributed by atoms with Gasteiger partial charge in [0.1, 0.15) is 11.8 Å². The summed E-state index contributed by atoms with van der Waals surface area (Å²) in [5.74, 6) is 1.47. The summed E-state index contributed by atoms with van der Waals surface area (Å²) in [6, 6.07) is 13.3. The van der Waals surface area contributed by atoms with Crippen LogP contribution >= 0.6 is 0 Å². The summed E-state index contributed by atoms with van der Waals surface area (Å²) in [7, 11) is 0. The van der Waals surface area contributed by atoms with Crippen LogP contribution in [0.5, 0.6) is 5.75 Å². The maximum Gasteiger partial charge on any atom is 0.258 e. The molecule has 1 aromatic heterocycles. The second-order valence-corrected chi connectivity index (χ2v) is 8.32. The second-order valence-electron chi connectivity index (χ2n) is 8.32. The zero-order valence-electron chi connectivity index (χ0n) is 17.6. The molecule has 30 heavy (non-hydrogen) atoms. The Morgan fingerprint density at radius 2 is 2.00 bits per heavy atom. The van der Waals surface area contributed by atoms with Gasteiger partial charge in [-0.25, -0.2) is 0 Å². The molecular weight excluding hydrogens is 378 g/mol. The predicted molar refractivity (Wildman–Crippen MR) is 113 cm³/mol. The SMILES string of the molecule is CC(C)Oc1ccc(-c2nc(-c3cccc4c3CCC4(O)C(C)C)no2)cc1C#N. The standard InChI is InChI=1S/C24H25N3O3/c1-14(2)24(28)11-10-18-19(6-5-7-20(18)24)22-26-23(30-27-22)16-8-9-21(29-15(3)4)17(12-16)13-25/h5-9,12,14-15,28H,10-11H2,1-4H3. The Kier molecular flexibility index (Phi) is 5.08. The molecule has 0 aliphatic heterocycles. The van der Waals surface area contributed by atoms with E-state index >= 15 is 0 Å². The molecule has 0 bridgehead atoms. The van der Waals surface area contributed by atoms with Gasteiger partial charge in [0.05, 0.1) is 17.3 Å². The second kappa shape index (κ2) is 7.58. The van der Waals surface area contributed by atoms with E-state index in [2.05, 4.69) is 16.2 Å². The van der Waals surface area contributed by atoms with E-state index in [4.69, 9.17) is 9.26 Å². The minimum absolute atomic E-state index is 0.0254. The average Bonchev–Trinajstić information content (AvgIpc) is 3.34. The number of nitriles is 1. The van der Waals surface area contributed by atoms with Crippen LogP contribution in [-0.2, 0) is 12.0 Å². The monoisotopic (exact) mass is 403 g/mol. The summed E-state index contributed by atoms with van der Waals surface area (Å²) in [5.41, 5.74) is 3.14. The minimum atomic E-state index is -0.828. The molecule has 0 fully saturated rings. The summed E-state index contributed by atoms with van der Waals surface area (Å²) in [5, 5.41) is 24.8. The summed E-state index contributed by atoms with van der Waals surface area (Å²) in [4.78, 5) is 4.58. The molecule has 0 saturated heterocycles. The Labute approximate surface area is 176 Å². The Morgan fingerprint density at radius 3 is 2.70 bits per heavy atom. The van der Waals surface area contributed by atoms with Crippen molar-refractivity contribution >= 4 is 0 Å². The quantitative estimate of drug-likeness (QED) is 0.654. The number of benzene rings is 2. The summed E-state index contributed by atoms with van der Waals surface area (Å²) in [6.45, 7) is 7.90. The van der Waals surface area contributed by atoms with Crippen LogP contribution in [0.3, 0.4) is 0 Å². The zero-order valence-corrected chi connectivity index (χ0v) is 17.6. The highest BCUT2D eigenvalue weighted by atomic mass is 16.5. The first-order valence-corrected chi connectivity index (χ1v) is 10.2. The van der Waals surface area contributed by atoms with Crippen molar-refractivity contribution in [2.45, 2.75) is 52.2 Å². The lowest BCUT2D eigenvalue weighted by molar-refractivity contribution is -0.00818. The maximum absolute atomic E-state index is 11.1. The zero-order chi connectivity index (χ0) is 21.5. The summed E-state index contributed by atoms with van der Waals surface area (Å²) in [6.07, 6.45) is 1.43. The van der Waals surface area contributed by atoms with Gasteiger partial charge >= 0.3 is 0 Å². The van der Waals surface area contributed by atoms with Crippen LogP contribution in [0.25, 0.3) is 22.8 Å². The van der Waals surface area contributed by atoms with E-state index in [1.165, 1.54) is 0 Å². The van der Waals surface area contributed by atoms with Crippen LogP contribution in [0.4, 0.5) is 0 Å². The lowest BCUT2D eigenvalue weighted by atomic mass is 9.84. The molecule has 154 valence electrons. The van der Waals surface area contributed by atoms with E-state index in [1.54, 1.807) is 12.1 Å². The molecule has 6 heteroatoms. The summed E-state index contributed by atoms with van der Waals surface area (Å²) >= 11 is 0. The Balaban J connectivity index is 1.70. The Morgan fingerprint density at radius 1 is 1.20 bits per heavy atom. The third kappa shape index (κ3) is 3.35. The average molecular weight is 403 g/mol. The molecule has 6 nitrogen and oxygen atoms in total. The minimum Gasteiger partial charge on any atom is -0.490 e. The van der Waals surface area contributed by atoms with E-state index < -0.39 is 5.60 Å². The van der Waals surface area contributed by atoms with Crippen LogP contribution in [-0.4, -0.2) is 21.4 Å². The van der Waals surface area contributed by atoms with Crippen molar-refractivity contribution in [1.29, 1.82) is 5.26 Å². The molecule has 0 saturated carbocycles. The van der Waals surface area contributed by atoms with Gasteiger partial charge < -0.3 is 14.4 Å². The molecule has 1 aliphatic rings. The normalized spacial score (nSPS) is 17.9. The van der Waals surface area contributed by atoms with E-state index in [1.807, 2.05) is 52.0 Å². The molecule has 1 atom stereocenters. The number of hydrogen-bond acceptors (Lipinski definition) is 6. The highest BCUT2D eigenvalue weighted by Crippen LogP contribution is 2.45. The van der Waals surface area contributed by atoms with Gasteiger partial charge in [-0.15, -0.1) is 0 Å². The van der Waals surface area contributed by atoms with Crippen molar-refractivity contribution in [1.82, 2.24) is 10.1 Å². The molecule has 0 amide bonds. The molecule has 0 radical (unpaired) electrons. The van der Waals surface area contributed by atoms with E-state index in [-0.39, 0.29) is 12.0 Å². The first-order valence-electron chi connectivity index (χ1n) is 10.2. The Hall–Kier alpha value is -3.17.